The van der Waals surface area contributed by atoms with Crippen molar-refractivity contribution in [3.05, 3.63) is 34.3 Å². The predicted octanol–water partition coefficient (Wildman–Crippen LogP) is 2.31. The predicted molar refractivity (Wildman–Crippen MR) is 91.2 cm³/mol. The molecule has 128 valence electrons. The summed E-state index contributed by atoms with van der Waals surface area (Å²) < 4.78 is 5.79. The van der Waals surface area contributed by atoms with Gasteiger partial charge in [0.15, 0.2) is 0 Å². The standard InChI is InChI=1S/C18H22ClN3O2/c19-15-2-1-13(14(9-15)10-20)11-22-6-3-12(4-7-22)17-16(18(21)23)5-8-24-17/h1-2,9,12,16-17H,3-8,11H2,(H2,21,23)/t16-,17+/m0/s1. The maximum atomic E-state index is 11.5. The number of piperidine rings is 1. The molecule has 2 heterocycles. The van der Waals surface area contributed by atoms with Crippen molar-refractivity contribution in [1.29, 1.82) is 5.26 Å². The molecule has 1 aromatic carbocycles. The molecule has 2 aliphatic heterocycles. The number of hydrogen-bond donors (Lipinski definition) is 1. The summed E-state index contributed by atoms with van der Waals surface area (Å²) in [5.41, 5.74) is 7.14. The van der Waals surface area contributed by atoms with Crippen molar-refractivity contribution in [2.75, 3.05) is 19.7 Å². The molecule has 2 N–H and O–H groups in total. The minimum absolute atomic E-state index is 0.0187. The van der Waals surface area contributed by atoms with Gasteiger partial charge in [0.05, 0.1) is 23.7 Å². The van der Waals surface area contributed by atoms with Crippen molar-refractivity contribution in [2.24, 2.45) is 17.6 Å². The normalized spacial score (nSPS) is 25.5. The Labute approximate surface area is 147 Å². The fourth-order valence-electron chi connectivity index (χ4n) is 3.85. The molecular formula is C18H22ClN3O2. The zero-order chi connectivity index (χ0) is 17.1. The number of benzene rings is 1. The lowest BCUT2D eigenvalue weighted by Gasteiger charge is -2.35. The van der Waals surface area contributed by atoms with Gasteiger partial charge in [-0.1, -0.05) is 17.7 Å². The third kappa shape index (κ3) is 3.72. The molecule has 0 aliphatic carbocycles. The molecule has 0 bridgehead atoms. The molecule has 5 nitrogen and oxygen atoms in total. The molecule has 2 fully saturated rings. The van der Waals surface area contributed by atoms with E-state index >= 15 is 0 Å². The van der Waals surface area contributed by atoms with Gasteiger partial charge in [-0.15, -0.1) is 0 Å². The second-order valence-electron chi connectivity index (χ2n) is 6.66. The second kappa shape index (κ2) is 7.52. The molecule has 1 amide bonds. The number of amides is 1. The van der Waals surface area contributed by atoms with E-state index < -0.39 is 0 Å². The highest BCUT2D eigenvalue weighted by Crippen LogP contribution is 2.33. The molecule has 6 heteroatoms. The molecule has 0 aromatic heterocycles. The number of carbonyl (C=O) groups excluding carboxylic acids is 1. The number of nitrogens with zero attached hydrogens (tertiary/aromatic N) is 2. The van der Waals surface area contributed by atoms with Crippen LogP contribution in [0.4, 0.5) is 0 Å². The lowest BCUT2D eigenvalue weighted by molar-refractivity contribution is -0.124. The first-order valence-corrected chi connectivity index (χ1v) is 8.78. The van der Waals surface area contributed by atoms with Crippen LogP contribution in [-0.4, -0.2) is 36.6 Å². The van der Waals surface area contributed by atoms with E-state index in [9.17, 15) is 10.1 Å². The number of nitriles is 1. The molecule has 0 spiro atoms. The lowest BCUT2D eigenvalue weighted by Crippen LogP contribution is -2.42. The minimum atomic E-state index is -0.236. The molecule has 0 radical (unpaired) electrons. The summed E-state index contributed by atoms with van der Waals surface area (Å²) in [7, 11) is 0. The van der Waals surface area contributed by atoms with Gasteiger partial charge in [0.25, 0.3) is 0 Å². The Bertz CT molecular complexity index is 650. The molecule has 2 aliphatic rings. The van der Waals surface area contributed by atoms with Crippen LogP contribution in [0.5, 0.6) is 0 Å². The average molecular weight is 348 g/mol. The van der Waals surface area contributed by atoms with E-state index in [-0.39, 0.29) is 17.9 Å². The zero-order valence-corrected chi connectivity index (χ0v) is 14.3. The second-order valence-corrected chi connectivity index (χ2v) is 7.10. The van der Waals surface area contributed by atoms with Crippen LogP contribution in [0.3, 0.4) is 0 Å². The third-order valence-corrected chi connectivity index (χ3v) is 5.42. The first kappa shape index (κ1) is 17.2. The summed E-state index contributed by atoms with van der Waals surface area (Å²) in [4.78, 5) is 13.9. The number of likely N-dealkylation sites (tertiary alicyclic amines) is 1. The number of nitrogens with two attached hydrogens (primary N) is 1. The van der Waals surface area contributed by atoms with E-state index in [0.29, 0.717) is 23.1 Å². The summed E-state index contributed by atoms with van der Waals surface area (Å²) in [6.07, 6.45) is 2.71. The van der Waals surface area contributed by atoms with Crippen LogP contribution in [-0.2, 0) is 16.1 Å². The molecule has 24 heavy (non-hydrogen) atoms. The fraction of sp³-hybridized carbons (Fsp3) is 0.556. The van der Waals surface area contributed by atoms with Crippen LogP contribution >= 0.6 is 11.6 Å². The highest BCUT2D eigenvalue weighted by Gasteiger charge is 2.39. The number of rotatable bonds is 4. The van der Waals surface area contributed by atoms with Gasteiger partial charge in [-0.05, 0) is 56.0 Å². The van der Waals surface area contributed by atoms with Gasteiger partial charge in [0.1, 0.15) is 0 Å². The van der Waals surface area contributed by atoms with Crippen molar-refractivity contribution in [2.45, 2.75) is 31.9 Å². The molecule has 1 aromatic rings. The Morgan fingerprint density at radius 1 is 1.38 bits per heavy atom. The summed E-state index contributed by atoms with van der Waals surface area (Å²) in [6.45, 7) is 3.25. The number of carbonyl (C=O) groups is 1. The smallest absolute Gasteiger partial charge is 0.223 e. The highest BCUT2D eigenvalue weighted by molar-refractivity contribution is 6.30. The van der Waals surface area contributed by atoms with E-state index in [1.807, 2.05) is 12.1 Å². The van der Waals surface area contributed by atoms with Gasteiger partial charge < -0.3 is 10.5 Å². The Kier molecular flexibility index (Phi) is 5.40. The molecule has 0 saturated carbocycles. The maximum absolute atomic E-state index is 11.5. The van der Waals surface area contributed by atoms with Crippen LogP contribution in [0.2, 0.25) is 5.02 Å². The van der Waals surface area contributed by atoms with Crippen molar-refractivity contribution in [3.8, 4) is 6.07 Å². The monoisotopic (exact) mass is 347 g/mol. The first-order valence-electron chi connectivity index (χ1n) is 8.40. The maximum Gasteiger partial charge on any atom is 0.223 e. The number of ether oxygens (including phenoxy) is 1. The molecule has 2 atom stereocenters. The van der Waals surface area contributed by atoms with Gasteiger partial charge in [0, 0.05) is 18.2 Å². The van der Waals surface area contributed by atoms with Crippen LogP contribution in [0.25, 0.3) is 0 Å². The van der Waals surface area contributed by atoms with E-state index in [1.54, 1.807) is 6.07 Å². The largest absolute Gasteiger partial charge is 0.377 e. The zero-order valence-electron chi connectivity index (χ0n) is 13.6. The van der Waals surface area contributed by atoms with Gasteiger partial charge >= 0.3 is 0 Å². The highest BCUT2D eigenvalue weighted by atomic mass is 35.5. The van der Waals surface area contributed by atoms with E-state index in [1.165, 1.54) is 0 Å². The van der Waals surface area contributed by atoms with E-state index in [2.05, 4.69) is 11.0 Å². The van der Waals surface area contributed by atoms with E-state index in [4.69, 9.17) is 22.1 Å². The van der Waals surface area contributed by atoms with Crippen LogP contribution < -0.4 is 5.73 Å². The number of halogens is 1. The lowest BCUT2D eigenvalue weighted by atomic mass is 9.84. The van der Waals surface area contributed by atoms with Crippen molar-refractivity contribution in [1.82, 2.24) is 4.90 Å². The SMILES string of the molecule is N#Cc1cc(Cl)ccc1CN1CCC([C@H]2OCC[C@@H]2C(N)=O)CC1. The topological polar surface area (TPSA) is 79.3 Å². The summed E-state index contributed by atoms with van der Waals surface area (Å²) in [5.74, 6) is 0.0182. The van der Waals surface area contributed by atoms with Crippen LogP contribution in [0, 0.1) is 23.2 Å². The fourth-order valence-corrected chi connectivity index (χ4v) is 4.02. The van der Waals surface area contributed by atoms with Gasteiger partial charge in [-0.3, -0.25) is 9.69 Å². The Morgan fingerprint density at radius 3 is 2.79 bits per heavy atom. The summed E-state index contributed by atoms with van der Waals surface area (Å²) in [6, 6.07) is 7.69. The van der Waals surface area contributed by atoms with Crippen LogP contribution in [0.1, 0.15) is 30.4 Å². The van der Waals surface area contributed by atoms with Crippen LogP contribution in [0.15, 0.2) is 18.2 Å². The van der Waals surface area contributed by atoms with Gasteiger partial charge in [0.2, 0.25) is 5.91 Å². The number of primary amides is 1. The molecule has 0 unspecified atom stereocenters. The number of hydrogen-bond acceptors (Lipinski definition) is 4. The Hall–Kier alpha value is -1.61. The minimum Gasteiger partial charge on any atom is -0.377 e. The average Bonchev–Trinajstić information content (AvgIpc) is 3.07. The summed E-state index contributed by atoms with van der Waals surface area (Å²) in [5, 5.41) is 9.84. The van der Waals surface area contributed by atoms with Gasteiger partial charge in [-0.2, -0.15) is 5.26 Å². The third-order valence-electron chi connectivity index (χ3n) is 5.18. The first-order chi connectivity index (χ1) is 11.6. The Morgan fingerprint density at radius 2 is 2.12 bits per heavy atom. The molecule has 3 rings (SSSR count). The Balaban J connectivity index is 1.58. The van der Waals surface area contributed by atoms with Crippen molar-refractivity contribution < 1.29 is 9.53 Å². The molecular weight excluding hydrogens is 326 g/mol. The quantitative estimate of drug-likeness (QED) is 0.906. The van der Waals surface area contributed by atoms with Crippen molar-refractivity contribution >= 4 is 17.5 Å². The van der Waals surface area contributed by atoms with Gasteiger partial charge in [-0.25, -0.2) is 0 Å². The van der Waals surface area contributed by atoms with Crippen molar-refractivity contribution in [3.63, 3.8) is 0 Å². The summed E-state index contributed by atoms with van der Waals surface area (Å²) >= 11 is 5.95. The van der Waals surface area contributed by atoms with E-state index in [0.717, 1.165) is 44.5 Å². The molecule has 2 saturated heterocycles.